The summed E-state index contributed by atoms with van der Waals surface area (Å²) in [4.78, 5) is 2.52. The monoisotopic (exact) mass is 430 g/mol. The third-order valence-electron chi connectivity index (χ3n) is 6.23. The van der Waals surface area contributed by atoms with Gasteiger partial charge in [-0.3, -0.25) is 0 Å². The van der Waals surface area contributed by atoms with E-state index in [1.54, 1.807) is 0 Å². The minimum absolute atomic E-state index is 0.0119. The topological polar surface area (TPSA) is 47.7 Å². The van der Waals surface area contributed by atoms with E-state index in [1.165, 1.54) is 11.1 Å². The van der Waals surface area contributed by atoms with E-state index in [9.17, 15) is 0 Å². The Kier molecular flexibility index (Phi) is 7.81. The summed E-state index contributed by atoms with van der Waals surface area (Å²) in [6.07, 6.45) is 3.38. The summed E-state index contributed by atoms with van der Waals surface area (Å²) in [7, 11) is 0. The number of aryl methyl sites for hydroxylation is 1. The molecule has 0 unspecified atom stereocenters. The lowest BCUT2D eigenvalue weighted by Gasteiger charge is -2.34. The Morgan fingerprint density at radius 2 is 1.50 bits per heavy atom. The number of rotatable bonds is 9. The molecule has 1 aliphatic rings. The van der Waals surface area contributed by atoms with Crippen LogP contribution in [0.3, 0.4) is 0 Å². The molecular formula is C28H34N2O2. The fraction of sp³-hybridized carbons (Fsp3) is 0.357. The maximum absolute atomic E-state index is 6.65. The fourth-order valence-electron chi connectivity index (χ4n) is 4.32. The van der Waals surface area contributed by atoms with Crippen molar-refractivity contribution in [1.82, 2.24) is 4.90 Å². The summed E-state index contributed by atoms with van der Waals surface area (Å²) in [5.41, 5.74) is 10.3. The van der Waals surface area contributed by atoms with Gasteiger partial charge in [-0.05, 0) is 48.9 Å². The Morgan fingerprint density at radius 3 is 2.12 bits per heavy atom. The molecule has 0 spiro atoms. The number of likely N-dealkylation sites (tertiary alicyclic amines) is 1. The van der Waals surface area contributed by atoms with Gasteiger partial charge < -0.3 is 20.1 Å². The van der Waals surface area contributed by atoms with Crippen molar-refractivity contribution in [2.45, 2.75) is 38.4 Å². The number of nitrogens with zero attached hydrogens (tertiary/aromatic N) is 1. The van der Waals surface area contributed by atoms with Gasteiger partial charge in [0.15, 0.2) is 0 Å². The number of ether oxygens (including phenoxy) is 2. The molecular weight excluding hydrogens is 396 g/mol. The summed E-state index contributed by atoms with van der Waals surface area (Å²) in [5, 5.41) is 0. The first-order valence-electron chi connectivity index (χ1n) is 11.7. The lowest BCUT2D eigenvalue weighted by atomic mass is 10.00. The maximum atomic E-state index is 6.65. The molecule has 0 aliphatic carbocycles. The van der Waals surface area contributed by atoms with Crippen molar-refractivity contribution < 1.29 is 9.47 Å². The normalized spacial score (nSPS) is 15.2. The van der Waals surface area contributed by atoms with Crippen LogP contribution in [0.25, 0.3) is 0 Å². The number of anilines is 1. The van der Waals surface area contributed by atoms with E-state index in [-0.39, 0.29) is 12.2 Å². The highest BCUT2D eigenvalue weighted by atomic mass is 16.5. The molecule has 0 aromatic heterocycles. The number of hydrogen-bond acceptors (Lipinski definition) is 4. The SMILES string of the molecule is Cc1cccc(OCCCN2CCC(OC(c3ccccc3)c3ccccc3)CC2)c1N. The molecule has 0 radical (unpaired) electrons. The van der Waals surface area contributed by atoms with Gasteiger partial charge in [-0.25, -0.2) is 0 Å². The second kappa shape index (κ2) is 11.2. The second-order valence-electron chi connectivity index (χ2n) is 8.57. The largest absolute Gasteiger partial charge is 0.491 e. The van der Waals surface area contributed by atoms with E-state index in [0.717, 1.165) is 55.9 Å². The van der Waals surface area contributed by atoms with Gasteiger partial charge in [0.25, 0.3) is 0 Å². The molecule has 32 heavy (non-hydrogen) atoms. The van der Waals surface area contributed by atoms with Gasteiger partial charge in [0.05, 0.1) is 18.4 Å². The van der Waals surface area contributed by atoms with Crippen LogP contribution in [0.4, 0.5) is 5.69 Å². The van der Waals surface area contributed by atoms with Crippen molar-refractivity contribution in [2.24, 2.45) is 0 Å². The van der Waals surface area contributed by atoms with Crippen LogP contribution in [-0.4, -0.2) is 37.2 Å². The molecule has 3 aromatic rings. The van der Waals surface area contributed by atoms with Gasteiger partial charge in [-0.1, -0.05) is 72.8 Å². The number of piperidine rings is 1. The van der Waals surface area contributed by atoms with Crippen molar-refractivity contribution in [1.29, 1.82) is 0 Å². The zero-order valence-corrected chi connectivity index (χ0v) is 19.0. The first-order valence-corrected chi connectivity index (χ1v) is 11.7. The van der Waals surface area contributed by atoms with E-state index in [1.807, 2.05) is 25.1 Å². The van der Waals surface area contributed by atoms with E-state index in [2.05, 4.69) is 65.6 Å². The van der Waals surface area contributed by atoms with Crippen molar-refractivity contribution in [3.63, 3.8) is 0 Å². The van der Waals surface area contributed by atoms with Crippen LogP contribution in [-0.2, 0) is 4.74 Å². The third-order valence-corrected chi connectivity index (χ3v) is 6.23. The Hall–Kier alpha value is -2.82. The van der Waals surface area contributed by atoms with Gasteiger partial charge in [0, 0.05) is 19.6 Å². The first-order chi connectivity index (χ1) is 15.7. The first kappa shape index (κ1) is 22.4. The van der Waals surface area contributed by atoms with Gasteiger partial charge in [0.2, 0.25) is 0 Å². The molecule has 4 rings (SSSR count). The molecule has 0 amide bonds. The minimum Gasteiger partial charge on any atom is -0.491 e. The summed E-state index contributed by atoms with van der Waals surface area (Å²) >= 11 is 0. The molecule has 4 nitrogen and oxygen atoms in total. The Labute approximate surface area is 192 Å². The summed E-state index contributed by atoms with van der Waals surface area (Å²) < 4.78 is 12.6. The molecule has 1 fully saturated rings. The molecule has 1 heterocycles. The highest BCUT2D eigenvalue weighted by Gasteiger charge is 2.24. The lowest BCUT2D eigenvalue weighted by molar-refractivity contribution is -0.0273. The number of hydrogen-bond donors (Lipinski definition) is 1. The van der Waals surface area contributed by atoms with Crippen molar-refractivity contribution in [3.05, 3.63) is 95.6 Å². The molecule has 3 aromatic carbocycles. The highest BCUT2D eigenvalue weighted by molar-refractivity contribution is 5.57. The van der Waals surface area contributed by atoms with Gasteiger partial charge in [-0.15, -0.1) is 0 Å². The maximum Gasteiger partial charge on any atom is 0.142 e. The molecule has 1 saturated heterocycles. The average Bonchev–Trinajstić information content (AvgIpc) is 2.85. The highest BCUT2D eigenvalue weighted by Crippen LogP contribution is 2.30. The Balaban J connectivity index is 1.24. The number of nitrogen functional groups attached to an aromatic ring is 1. The molecule has 0 atom stereocenters. The molecule has 1 aliphatic heterocycles. The van der Waals surface area contributed by atoms with Crippen molar-refractivity contribution in [2.75, 3.05) is 32.0 Å². The molecule has 4 heteroatoms. The van der Waals surface area contributed by atoms with Crippen LogP contribution in [0, 0.1) is 6.92 Å². The average molecular weight is 431 g/mol. The molecule has 0 bridgehead atoms. The second-order valence-corrected chi connectivity index (χ2v) is 8.57. The van der Waals surface area contributed by atoms with E-state index in [0.29, 0.717) is 6.61 Å². The molecule has 0 saturated carbocycles. The zero-order valence-electron chi connectivity index (χ0n) is 19.0. The van der Waals surface area contributed by atoms with Crippen molar-refractivity contribution >= 4 is 5.69 Å². The van der Waals surface area contributed by atoms with Crippen LogP contribution >= 0.6 is 0 Å². The third kappa shape index (κ3) is 5.90. The van der Waals surface area contributed by atoms with E-state index in [4.69, 9.17) is 15.2 Å². The van der Waals surface area contributed by atoms with Gasteiger partial charge in [-0.2, -0.15) is 0 Å². The van der Waals surface area contributed by atoms with Gasteiger partial charge >= 0.3 is 0 Å². The van der Waals surface area contributed by atoms with Crippen molar-refractivity contribution in [3.8, 4) is 5.75 Å². The van der Waals surface area contributed by atoms with Gasteiger partial charge in [0.1, 0.15) is 11.9 Å². The van der Waals surface area contributed by atoms with Crippen LogP contribution in [0.2, 0.25) is 0 Å². The summed E-state index contributed by atoms with van der Waals surface area (Å²) in [6, 6.07) is 27.0. The zero-order chi connectivity index (χ0) is 22.2. The lowest BCUT2D eigenvalue weighted by Crippen LogP contribution is -2.38. The Bertz CT molecular complexity index is 914. The molecule has 2 N–H and O–H groups in total. The van der Waals surface area contributed by atoms with Crippen LogP contribution in [0.15, 0.2) is 78.9 Å². The number of benzene rings is 3. The predicted molar refractivity (Wildman–Crippen MR) is 131 cm³/mol. The summed E-state index contributed by atoms with van der Waals surface area (Å²) in [6.45, 7) is 5.86. The van der Waals surface area contributed by atoms with Crippen LogP contribution in [0.1, 0.15) is 42.1 Å². The van der Waals surface area contributed by atoms with Crippen LogP contribution < -0.4 is 10.5 Å². The fourth-order valence-corrected chi connectivity index (χ4v) is 4.32. The van der Waals surface area contributed by atoms with E-state index >= 15 is 0 Å². The quantitative estimate of drug-likeness (QED) is 0.354. The Morgan fingerprint density at radius 1 is 0.875 bits per heavy atom. The number of nitrogens with two attached hydrogens (primary N) is 1. The van der Waals surface area contributed by atoms with E-state index < -0.39 is 0 Å². The summed E-state index contributed by atoms with van der Waals surface area (Å²) in [5.74, 6) is 0.796. The standard InChI is InChI=1S/C28H34N2O2/c1-22-10-8-15-26(27(22)29)31-21-9-18-30-19-16-25(17-20-30)32-28(23-11-4-2-5-12-23)24-13-6-3-7-14-24/h2-8,10-15,25,28H,9,16-21,29H2,1H3. The molecule has 168 valence electrons. The van der Waals surface area contributed by atoms with Crippen LogP contribution in [0.5, 0.6) is 5.75 Å². The minimum atomic E-state index is -0.0119. The number of para-hydroxylation sites is 1. The smallest absolute Gasteiger partial charge is 0.142 e. The predicted octanol–water partition coefficient (Wildman–Crippen LogP) is 5.62.